The third-order valence-electron chi connectivity index (χ3n) is 2.11. The van der Waals surface area contributed by atoms with Gasteiger partial charge in [-0.1, -0.05) is 0 Å². The fourth-order valence-electron chi connectivity index (χ4n) is 1.27. The highest BCUT2D eigenvalue weighted by Crippen LogP contribution is 2.10. The minimum Gasteiger partial charge on any atom is -0.374 e. The summed E-state index contributed by atoms with van der Waals surface area (Å²) in [5, 5.41) is 0. The van der Waals surface area contributed by atoms with E-state index in [1.165, 1.54) is 10.6 Å². The van der Waals surface area contributed by atoms with Gasteiger partial charge in [0.2, 0.25) is 10.0 Å². The normalized spacial score (nSPS) is 28.7. The summed E-state index contributed by atoms with van der Waals surface area (Å²) in [5.41, 5.74) is 5.63. The molecule has 1 rings (SSSR count). The molecule has 1 aliphatic heterocycles. The van der Waals surface area contributed by atoms with Crippen LogP contribution in [0, 0.1) is 0 Å². The van der Waals surface area contributed by atoms with Gasteiger partial charge in [0, 0.05) is 19.1 Å². The van der Waals surface area contributed by atoms with E-state index in [1.54, 1.807) is 0 Å². The number of morpholine rings is 1. The Morgan fingerprint density at radius 3 is 2.69 bits per heavy atom. The smallest absolute Gasteiger partial charge is 0.211 e. The van der Waals surface area contributed by atoms with Gasteiger partial charge in [0.05, 0.1) is 19.0 Å². The number of sulfonamides is 1. The molecule has 0 amide bonds. The van der Waals surface area contributed by atoms with Gasteiger partial charge < -0.3 is 10.5 Å². The molecule has 5 nitrogen and oxygen atoms in total. The van der Waals surface area contributed by atoms with Gasteiger partial charge >= 0.3 is 0 Å². The first-order valence-electron chi connectivity index (χ1n) is 4.23. The Kier molecular flexibility index (Phi) is 3.28. The van der Waals surface area contributed by atoms with Crippen molar-refractivity contribution in [2.45, 2.75) is 19.1 Å². The zero-order valence-corrected chi connectivity index (χ0v) is 8.75. The van der Waals surface area contributed by atoms with E-state index in [0.29, 0.717) is 19.7 Å². The molecule has 6 heteroatoms. The summed E-state index contributed by atoms with van der Waals surface area (Å²) >= 11 is 0. The maximum Gasteiger partial charge on any atom is 0.211 e. The van der Waals surface area contributed by atoms with Crippen molar-refractivity contribution in [1.29, 1.82) is 0 Å². The lowest BCUT2D eigenvalue weighted by molar-refractivity contribution is -0.0118. The standard InChI is InChI=1S/C7H16N2O3S/c1-6(8)7-5-9(3-4-12-7)13(2,10)11/h6-7H,3-5,8H2,1-2H3. The minimum atomic E-state index is -3.09. The second kappa shape index (κ2) is 3.91. The van der Waals surface area contributed by atoms with E-state index < -0.39 is 10.0 Å². The van der Waals surface area contributed by atoms with Gasteiger partial charge in [-0.15, -0.1) is 0 Å². The molecule has 0 aliphatic carbocycles. The van der Waals surface area contributed by atoms with Crippen LogP contribution in [0.15, 0.2) is 0 Å². The fourth-order valence-corrected chi connectivity index (χ4v) is 2.09. The third kappa shape index (κ3) is 2.91. The van der Waals surface area contributed by atoms with Crippen molar-refractivity contribution in [1.82, 2.24) is 4.31 Å². The van der Waals surface area contributed by atoms with Gasteiger partial charge in [0.15, 0.2) is 0 Å². The van der Waals surface area contributed by atoms with E-state index in [-0.39, 0.29) is 12.1 Å². The van der Waals surface area contributed by atoms with Crippen LogP contribution < -0.4 is 5.73 Å². The first-order valence-corrected chi connectivity index (χ1v) is 6.08. The lowest BCUT2D eigenvalue weighted by Crippen LogP contribution is -2.51. The van der Waals surface area contributed by atoms with Crippen molar-refractivity contribution in [3.8, 4) is 0 Å². The molecule has 1 aliphatic rings. The maximum absolute atomic E-state index is 11.2. The van der Waals surface area contributed by atoms with Crippen LogP contribution in [-0.2, 0) is 14.8 Å². The van der Waals surface area contributed by atoms with E-state index in [1.807, 2.05) is 6.92 Å². The zero-order valence-electron chi connectivity index (χ0n) is 7.93. The average Bonchev–Trinajstić information content (AvgIpc) is 2.03. The summed E-state index contributed by atoms with van der Waals surface area (Å²) in [5.74, 6) is 0. The molecule has 0 radical (unpaired) electrons. The lowest BCUT2D eigenvalue weighted by Gasteiger charge is -2.33. The number of nitrogens with zero attached hydrogens (tertiary/aromatic N) is 1. The molecule has 2 N–H and O–H groups in total. The summed E-state index contributed by atoms with van der Waals surface area (Å²) in [6, 6.07) is -0.135. The van der Waals surface area contributed by atoms with E-state index in [9.17, 15) is 8.42 Å². The van der Waals surface area contributed by atoms with Crippen molar-refractivity contribution < 1.29 is 13.2 Å². The van der Waals surface area contributed by atoms with Crippen LogP contribution in [0.25, 0.3) is 0 Å². The predicted octanol–water partition coefficient (Wildman–Crippen LogP) is -1.01. The summed E-state index contributed by atoms with van der Waals surface area (Å²) in [7, 11) is -3.09. The number of ether oxygens (including phenoxy) is 1. The molecule has 0 spiro atoms. The van der Waals surface area contributed by atoms with Gasteiger partial charge in [-0.2, -0.15) is 4.31 Å². The number of rotatable bonds is 2. The molecule has 0 aromatic carbocycles. The Morgan fingerprint density at radius 1 is 1.62 bits per heavy atom. The summed E-state index contributed by atoms with van der Waals surface area (Å²) in [4.78, 5) is 0. The molecule has 2 atom stereocenters. The summed E-state index contributed by atoms with van der Waals surface area (Å²) in [6.07, 6.45) is 1.03. The first kappa shape index (κ1) is 10.9. The lowest BCUT2D eigenvalue weighted by atomic mass is 10.2. The predicted molar refractivity (Wildman–Crippen MR) is 49.8 cm³/mol. The fraction of sp³-hybridized carbons (Fsp3) is 1.00. The summed E-state index contributed by atoms with van der Waals surface area (Å²) in [6.45, 7) is 3.05. The Hall–Kier alpha value is -0.170. The van der Waals surface area contributed by atoms with E-state index in [2.05, 4.69) is 0 Å². The highest BCUT2D eigenvalue weighted by molar-refractivity contribution is 7.88. The minimum absolute atomic E-state index is 0.135. The highest BCUT2D eigenvalue weighted by atomic mass is 32.2. The molecule has 2 unspecified atom stereocenters. The zero-order chi connectivity index (χ0) is 10.1. The topological polar surface area (TPSA) is 72.6 Å². The van der Waals surface area contributed by atoms with Crippen LogP contribution >= 0.6 is 0 Å². The van der Waals surface area contributed by atoms with Crippen LogP contribution in [0.5, 0.6) is 0 Å². The SMILES string of the molecule is CC(N)C1CN(S(C)(=O)=O)CCO1. The van der Waals surface area contributed by atoms with Crippen LogP contribution in [0.3, 0.4) is 0 Å². The molecule has 0 saturated carbocycles. The quantitative estimate of drug-likeness (QED) is 0.631. The van der Waals surface area contributed by atoms with E-state index in [0.717, 1.165) is 0 Å². The third-order valence-corrected chi connectivity index (χ3v) is 3.38. The van der Waals surface area contributed by atoms with Crippen LogP contribution in [0.2, 0.25) is 0 Å². The molecule has 78 valence electrons. The Labute approximate surface area is 78.9 Å². The Bertz CT molecular complexity index is 263. The Morgan fingerprint density at radius 2 is 2.23 bits per heavy atom. The second-order valence-electron chi connectivity index (χ2n) is 3.39. The molecular formula is C7H16N2O3S. The largest absolute Gasteiger partial charge is 0.374 e. The van der Waals surface area contributed by atoms with Crippen molar-refractivity contribution in [2.75, 3.05) is 26.0 Å². The number of nitrogens with two attached hydrogens (primary N) is 1. The molecule has 1 heterocycles. The van der Waals surface area contributed by atoms with Crippen LogP contribution in [0.1, 0.15) is 6.92 Å². The number of hydrogen-bond donors (Lipinski definition) is 1. The summed E-state index contributed by atoms with van der Waals surface area (Å²) < 4.78 is 29.1. The average molecular weight is 208 g/mol. The molecule has 1 fully saturated rings. The molecule has 0 bridgehead atoms. The van der Waals surface area contributed by atoms with Crippen molar-refractivity contribution in [2.24, 2.45) is 5.73 Å². The second-order valence-corrected chi connectivity index (χ2v) is 5.37. The monoisotopic (exact) mass is 208 g/mol. The molecule has 0 aromatic heterocycles. The maximum atomic E-state index is 11.2. The first-order chi connectivity index (χ1) is 5.91. The number of hydrogen-bond acceptors (Lipinski definition) is 4. The van der Waals surface area contributed by atoms with Crippen molar-refractivity contribution in [3.05, 3.63) is 0 Å². The van der Waals surface area contributed by atoms with Gasteiger partial charge in [-0.3, -0.25) is 0 Å². The highest BCUT2D eigenvalue weighted by Gasteiger charge is 2.28. The molecule has 1 saturated heterocycles. The van der Waals surface area contributed by atoms with Crippen LogP contribution in [-0.4, -0.2) is 50.8 Å². The van der Waals surface area contributed by atoms with Crippen molar-refractivity contribution >= 4 is 10.0 Å². The molecular weight excluding hydrogens is 192 g/mol. The van der Waals surface area contributed by atoms with Crippen LogP contribution in [0.4, 0.5) is 0 Å². The van der Waals surface area contributed by atoms with E-state index >= 15 is 0 Å². The molecule has 0 aromatic rings. The van der Waals surface area contributed by atoms with Gasteiger partial charge in [0.1, 0.15) is 0 Å². The van der Waals surface area contributed by atoms with Gasteiger partial charge in [-0.05, 0) is 6.92 Å². The van der Waals surface area contributed by atoms with Gasteiger partial charge in [0.25, 0.3) is 0 Å². The Balaban J connectivity index is 2.62. The van der Waals surface area contributed by atoms with Crippen molar-refractivity contribution in [3.63, 3.8) is 0 Å². The van der Waals surface area contributed by atoms with E-state index in [4.69, 9.17) is 10.5 Å². The van der Waals surface area contributed by atoms with Gasteiger partial charge in [-0.25, -0.2) is 8.42 Å². The molecule has 13 heavy (non-hydrogen) atoms.